The quantitative estimate of drug-likeness (QED) is 0.686. The number of aliphatic hydroxyl groups is 1. The van der Waals surface area contributed by atoms with Crippen molar-refractivity contribution in [1.82, 2.24) is 0 Å². The zero-order chi connectivity index (χ0) is 19.0. The summed E-state index contributed by atoms with van der Waals surface area (Å²) in [6, 6.07) is 18.8. The van der Waals surface area contributed by atoms with Gasteiger partial charge in [-0.05, 0) is 23.1 Å². The van der Waals surface area contributed by atoms with E-state index in [2.05, 4.69) is 0 Å². The second kappa shape index (κ2) is 6.72. The Hall–Kier alpha value is -2.83. The highest BCUT2D eigenvalue weighted by Gasteiger charge is 2.58. The molecule has 3 aromatic rings. The largest absolute Gasteiger partial charge is 0.373 e. The number of fused-ring (bicyclic) bond motifs is 1. The molecule has 4 nitrogen and oxygen atoms in total. The number of carbonyl (C=O) groups is 2. The predicted octanol–water partition coefficient (Wildman–Crippen LogP) is 3.70. The molecule has 4 rings (SSSR count). The van der Waals surface area contributed by atoms with Crippen molar-refractivity contribution in [2.45, 2.75) is 18.3 Å². The molecule has 6 heteroatoms. The first-order valence-electron chi connectivity index (χ1n) is 8.43. The highest BCUT2D eigenvalue weighted by atomic mass is 32.1. The van der Waals surface area contributed by atoms with Gasteiger partial charge in [0.05, 0.1) is 17.1 Å². The molecule has 2 atom stereocenters. The standard InChI is InChI=1S/C21H16FNO3S/c22-19(18(24)17-11-6-12-27-17)21(26)15-9-4-5-10-16(15)23(20(21)25)13-14-7-2-1-3-8-14/h1-12,19,26H,13H2/t19-,21-/m1/s1. The molecule has 27 heavy (non-hydrogen) atoms. The smallest absolute Gasteiger partial charge is 0.267 e. The van der Waals surface area contributed by atoms with Crippen LogP contribution in [-0.4, -0.2) is 23.0 Å². The maximum Gasteiger partial charge on any atom is 0.267 e. The van der Waals surface area contributed by atoms with Gasteiger partial charge in [0.1, 0.15) is 0 Å². The molecule has 0 spiro atoms. The third-order valence-corrected chi connectivity index (χ3v) is 5.61. The lowest BCUT2D eigenvalue weighted by Crippen LogP contribution is -2.49. The van der Waals surface area contributed by atoms with Crippen molar-refractivity contribution in [3.63, 3.8) is 0 Å². The molecule has 2 heterocycles. The van der Waals surface area contributed by atoms with Crippen molar-refractivity contribution in [1.29, 1.82) is 0 Å². The Morgan fingerprint density at radius 2 is 1.78 bits per heavy atom. The van der Waals surface area contributed by atoms with Gasteiger partial charge in [0.25, 0.3) is 5.91 Å². The topological polar surface area (TPSA) is 57.6 Å². The molecule has 136 valence electrons. The van der Waals surface area contributed by atoms with E-state index >= 15 is 4.39 Å². The summed E-state index contributed by atoms with van der Waals surface area (Å²) in [5.41, 5.74) is -1.17. The minimum Gasteiger partial charge on any atom is -0.373 e. The highest BCUT2D eigenvalue weighted by Crippen LogP contribution is 2.44. The molecule has 0 unspecified atom stereocenters. The molecule has 0 fully saturated rings. The van der Waals surface area contributed by atoms with Crippen LogP contribution in [0.3, 0.4) is 0 Å². The Bertz CT molecular complexity index is 990. The van der Waals surface area contributed by atoms with Gasteiger partial charge in [-0.1, -0.05) is 54.6 Å². The minimum atomic E-state index is -2.54. The molecule has 1 N–H and O–H groups in total. The number of anilines is 1. The first kappa shape index (κ1) is 17.6. The molecule has 2 aromatic carbocycles. The lowest BCUT2D eigenvalue weighted by molar-refractivity contribution is -0.141. The highest BCUT2D eigenvalue weighted by molar-refractivity contribution is 7.12. The van der Waals surface area contributed by atoms with Crippen LogP contribution in [0.5, 0.6) is 0 Å². The third-order valence-electron chi connectivity index (χ3n) is 4.72. The van der Waals surface area contributed by atoms with Crippen LogP contribution in [0.15, 0.2) is 72.1 Å². The van der Waals surface area contributed by atoms with E-state index in [9.17, 15) is 14.7 Å². The van der Waals surface area contributed by atoms with Crippen molar-refractivity contribution < 1.29 is 19.1 Å². The number of para-hydroxylation sites is 1. The summed E-state index contributed by atoms with van der Waals surface area (Å²) in [6.07, 6.45) is -2.38. The van der Waals surface area contributed by atoms with E-state index in [1.165, 1.54) is 17.0 Å². The summed E-state index contributed by atoms with van der Waals surface area (Å²) in [5, 5.41) is 12.8. The second-order valence-corrected chi connectivity index (χ2v) is 7.31. The van der Waals surface area contributed by atoms with E-state index in [1.807, 2.05) is 30.3 Å². The number of carbonyl (C=O) groups excluding carboxylic acids is 2. The average Bonchev–Trinajstić information content (AvgIpc) is 3.31. The van der Waals surface area contributed by atoms with Gasteiger partial charge in [-0.3, -0.25) is 9.59 Å². The third kappa shape index (κ3) is 2.78. The lowest BCUT2D eigenvalue weighted by Gasteiger charge is -2.25. The van der Waals surface area contributed by atoms with Crippen LogP contribution in [0, 0.1) is 0 Å². The van der Waals surface area contributed by atoms with Crippen molar-refractivity contribution in [2.24, 2.45) is 0 Å². The van der Waals surface area contributed by atoms with Crippen LogP contribution in [0.25, 0.3) is 0 Å². The number of rotatable bonds is 5. The number of hydrogen-bond donors (Lipinski definition) is 1. The van der Waals surface area contributed by atoms with E-state index in [-0.39, 0.29) is 17.0 Å². The monoisotopic (exact) mass is 381 g/mol. The molecule has 0 saturated carbocycles. The Morgan fingerprint density at radius 3 is 2.48 bits per heavy atom. The molecule has 0 bridgehead atoms. The number of nitrogens with zero attached hydrogens (tertiary/aromatic N) is 1. The summed E-state index contributed by atoms with van der Waals surface area (Å²) in [5.74, 6) is -1.72. The van der Waals surface area contributed by atoms with Crippen molar-refractivity contribution in [3.05, 3.63) is 88.1 Å². The number of Topliss-reactive ketones (excluding diaryl/α,β-unsaturated/α-hetero) is 1. The molecule has 0 radical (unpaired) electrons. The molecule has 1 aliphatic heterocycles. The molecule has 0 saturated heterocycles. The maximum absolute atomic E-state index is 15.2. The molecule has 1 aromatic heterocycles. The fourth-order valence-electron chi connectivity index (χ4n) is 3.36. The number of halogens is 1. The van der Waals surface area contributed by atoms with Gasteiger partial charge in [0.2, 0.25) is 17.6 Å². The van der Waals surface area contributed by atoms with E-state index in [0.29, 0.717) is 5.69 Å². The number of alkyl halides is 1. The summed E-state index contributed by atoms with van der Waals surface area (Å²) in [6.45, 7) is 0.179. The van der Waals surface area contributed by atoms with Gasteiger partial charge in [0, 0.05) is 5.56 Å². The van der Waals surface area contributed by atoms with E-state index in [0.717, 1.165) is 16.9 Å². The zero-order valence-corrected chi connectivity index (χ0v) is 15.0. The number of benzene rings is 2. The molecular weight excluding hydrogens is 365 g/mol. The fourth-order valence-corrected chi connectivity index (χ4v) is 4.04. The fraction of sp³-hybridized carbons (Fsp3) is 0.143. The lowest BCUT2D eigenvalue weighted by atomic mass is 9.88. The van der Waals surface area contributed by atoms with Crippen LogP contribution in [0.4, 0.5) is 10.1 Å². The first-order chi connectivity index (χ1) is 13.0. The second-order valence-electron chi connectivity index (χ2n) is 6.36. The van der Waals surface area contributed by atoms with Crippen LogP contribution < -0.4 is 4.90 Å². The van der Waals surface area contributed by atoms with Crippen molar-refractivity contribution in [3.8, 4) is 0 Å². The van der Waals surface area contributed by atoms with Crippen LogP contribution in [0.2, 0.25) is 0 Å². The van der Waals surface area contributed by atoms with Gasteiger partial charge in [-0.15, -0.1) is 11.3 Å². The van der Waals surface area contributed by atoms with E-state index in [1.54, 1.807) is 29.6 Å². The number of amides is 1. The normalized spacial score (nSPS) is 19.8. The Morgan fingerprint density at radius 1 is 1.07 bits per heavy atom. The average molecular weight is 381 g/mol. The number of ketones is 1. The number of thiophene rings is 1. The maximum atomic E-state index is 15.2. The molecular formula is C21H16FNO3S. The number of hydrogen-bond acceptors (Lipinski definition) is 4. The Balaban J connectivity index is 1.75. The first-order valence-corrected chi connectivity index (χ1v) is 9.31. The summed E-state index contributed by atoms with van der Waals surface area (Å²) < 4.78 is 15.2. The van der Waals surface area contributed by atoms with Crippen LogP contribution >= 0.6 is 11.3 Å². The van der Waals surface area contributed by atoms with Gasteiger partial charge in [-0.25, -0.2) is 4.39 Å². The SMILES string of the molecule is O=C(c1cccs1)[C@@H](F)[C@@]1(O)C(=O)N(Cc2ccccc2)c2ccccc21. The minimum absolute atomic E-state index is 0.114. The van der Waals surface area contributed by atoms with Crippen LogP contribution in [0.1, 0.15) is 20.8 Å². The van der Waals surface area contributed by atoms with Crippen molar-refractivity contribution >= 4 is 28.7 Å². The van der Waals surface area contributed by atoms with Gasteiger partial charge in [-0.2, -0.15) is 0 Å². The zero-order valence-electron chi connectivity index (χ0n) is 14.2. The van der Waals surface area contributed by atoms with Gasteiger partial charge in [0.15, 0.2) is 0 Å². The van der Waals surface area contributed by atoms with Gasteiger partial charge >= 0.3 is 0 Å². The summed E-state index contributed by atoms with van der Waals surface area (Å²) >= 11 is 1.08. The van der Waals surface area contributed by atoms with Crippen LogP contribution in [-0.2, 0) is 16.9 Å². The van der Waals surface area contributed by atoms with E-state index in [4.69, 9.17) is 0 Å². The van der Waals surface area contributed by atoms with Gasteiger partial charge < -0.3 is 10.0 Å². The summed E-state index contributed by atoms with van der Waals surface area (Å²) in [7, 11) is 0. The van der Waals surface area contributed by atoms with Crippen molar-refractivity contribution in [2.75, 3.05) is 4.90 Å². The molecule has 1 amide bonds. The molecule has 1 aliphatic rings. The molecule has 0 aliphatic carbocycles. The predicted molar refractivity (Wildman–Crippen MR) is 102 cm³/mol. The summed E-state index contributed by atoms with van der Waals surface area (Å²) in [4.78, 5) is 27.1. The van der Waals surface area contributed by atoms with E-state index < -0.39 is 23.5 Å². The Labute approximate surface area is 159 Å². The Kier molecular flexibility index (Phi) is 4.37.